The largest absolute Gasteiger partial charge is 0.383 e. The van der Waals surface area contributed by atoms with Gasteiger partial charge in [-0.25, -0.2) is 0 Å². The van der Waals surface area contributed by atoms with Crippen molar-refractivity contribution in [3.63, 3.8) is 0 Å². The normalized spacial score (nSPS) is 13.0. The van der Waals surface area contributed by atoms with E-state index in [2.05, 4.69) is 11.7 Å². The van der Waals surface area contributed by atoms with Crippen LogP contribution in [0.25, 0.3) is 10.9 Å². The minimum absolute atomic E-state index is 0.665. The molecule has 1 aromatic carbocycles. The van der Waals surface area contributed by atoms with Crippen LogP contribution in [0.3, 0.4) is 0 Å². The minimum atomic E-state index is -0.693. The highest BCUT2D eigenvalue weighted by Gasteiger charge is 2.12. The lowest BCUT2D eigenvalue weighted by molar-refractivity contribution is 0.224. The number of hydrogen-bond donors (Lipinski definition) is 1. The number of aliphatic hydroxyl groups is 1. The van der Waals surface area contributed by atoms with Crippen molar-refractivity contribution in [2.75, 3.05) is 0 Å². The summed E-state index contributed by atoms with van der Waals surface area (Å²) in [5.74, 6) is 0. The van der Waals surface area contributed by atoms with Crippen LogP contribution in [0, 0.1) is 0 Å². The van der Waals surface area contributed by atoms with Crippen LogP contribution in [0.2, 0.25) is 0 Å². The maximum Gasteiger partial charge on any atom is 0.116 e. The molecule has 1 atom stereocenters. The van der Waals surface area contributed by atoms with Gasteiger partial charge in [-0.15, -0.1) is 6.58 Å². The SMILES string of the molecule is C=CC(O)c1nn(C)c2ccccc12. The topological polar surface area (TPSA) is 38.1 Å². The van der Waals surface area contributed by atoms with E-state index >= 15 is 0 Å². The van der Waals surface area contributed by atoms with Crippen LogP contribution in [0.15, 0.2) is 36.9 Å². The van der Waals surface area contributed by atoms with E-state index in [-0.39, 0.29) is 0 Å². The average molecular weight is 188 g/mol. The summed E-state index contributed by atoms with van der Waals surface area (Å²) >= 11 is 0. The van der Waals surface area contributed by atoms with E-state index in [1.807, 2.05) is 31.3 Å². The van der Waals surface area contributed by atoms with Crippen molar-refractivity contribution < 1.29 is 5.11 Å². The van der Waals surface area contributed by atoms with Crippen molar-refractivity contribution in [1.29, 1.82) is 0 Å². The number of hydrogen-bond acceptors (Lipinski definition) is 2. The molecule has 0 aliphatic heterocycles. The Hall–Kier alpha value is -1.61. The molecule has 1 N–H and O–H groups in total. The van der Waals surface area contributed by atoms with Crippen LogP contribution >= 0.6 is 0 Å². The number of rotatable bonds is 2. The maximum absolute atomic E-state index is 9.65. The number of para-hydroxylation sites is 1. The smallest absolute Gasteiger partial charge is 0.116 e. The van der Waals surface area contributed by atoms with E-state index in [4.69, 9.17) is 0 Å². The van der Waals surface area contributed by atoms with Crippen LogP contribution in [0.5, 0.6) is 0 Å². The summed E-state index contributed by atoms with van der Waals surface area (Å²) in [5.41, 5.74) is 1.68. The summed E-state index contributed by atoms with van der Waals surface area (Å²) in [5, 5.41) is 14.9. The van der Waals surface area contributed by atoms with Gasteiger partial charge in [0, 0.05) is 12.4 Å². The molecular weight excluding hydrogens is 176 g/mol. The number of aryl methyl sites for hydroxylation is 1. The predicted octanol–water partition coefficient (Wildman–Crippen LogP) is 1.79. The van der Waals surface area contributed by atoms with E-state index in [0.29, 0.717) is 5.69 Å². The van der Waals surface area contributed by atoms with Gasteiger partial charge in [-0.2, -0.15) is 5.10 Å². The van der Waals surface area contributed by atoms with Crippen molar-refractivity contribution in [3.05, 3.63) is 42.6 Å². The zero-order valence-corrected chi connectivity index (χ0v) is 8.01. The van der Waals surface area contributed by atoms with E-state index < -0.39 is 6.10 Å². The predicted molar refractivity (Wildman–Crippen MR) is 55.9 cm³/mol. The minimum Gasteiger partial charge on any atom is -0.383 e. The highest BCUT2D eigenvalue weighted by molar-refractivity contribution is 5.82. The van der Waals surface area contributed by atoms with Gasteiger partial charge in [-0.1, -0.05) is 24.3 Å². The fraction of sp³-hybridized carbons (Fsp3) is 0.182. The number of fused-ring (bicyclic) bond motifs is 1. The fourth-order valence-electron chi connectivity index (χ4n) is 1.57. The van der Waals surface area contributed by atoms with Gasteiger partial charge < -0.3 is 5.11 Å². The van der Waals surface area contributed by atoms with Gasteiger partial charge in [0.15, 0.2) is 0 Å². The molecule has 3 nitrogen and oxygen atoms in total. The van der Waals surface area contributed by atoms with E-state index in [0.717, 1.165) is 10.9 Å². The van der Waals surface area contributed by atoms with Crippen LogP contribution in [-0.4, -0.2) is 14.9 Å². The van der Waals surface area contributed by atoms with Crippen molar-refractivity contribution in [1.82, 2.24) is 9.78 Å². The highest BCUT2D eigenvalue weighted by atomic mass is 16.3. The third kappa shape index (κ3) is 1.22. The third-order valence-corrected chi connectivity index (χ3v) is 2.29. The first-order valence-corrected chi connectivity index (χ1v) is 4.46. The zero-order valence-electron chi connectivity index (χ0n) is 8.01. The molecule has 1 unspecified atom stereocenters. The molecule has 0 bridgehead atoms. The van der Waals surface area contributed by atoms with Gasteiger partial charge in [-0.3, -0.25) is 4.68 Å². The summed E-state index contributed by atoms with van der Waals surface area (Å²) in [7, 11) is 1.86. The van der Waals surface area contributed by atoms with Crippen LogP contribution < -0.4 is 0 Å². The van der Waals surface area contributed by atoms with Gasteiger partial charge in [0.2, 0.25) is 0 Å². The molecule has 0 amide bonds. The van der Waals surface area contributed by atoms with Gasteiger partial charge in [0.1, 0.15) is 11.8 Å². The van der Waals surface area contributed by atoms with Crippen molar-refractivity contribution in [2.45, 2.75) is 6.10 Å². The Bertz CT molecular complexity index is 473. The zero-order chi connectivity index (χ0) is 10.1. The van der Waals surface area contributed by atoms with Gasteiger partial charge >= 0.3 is 0 Å². The second-order valence-corrected chi connectivity index (χ2v) is 3.21. The summed E-state index contributed by atoms with van der Waals surface area (Å²) in [4.78, 5) is 0. The maximum atomic E-state index is 9.65. The lowest BCUT2D eigenvalue weighted by Crippen LogP contribution is -1.96. The monoisotopic (exact) mass is 188 g/mol. The van der Waals surface area contributed by atoms with Gasteiger partial charge in [0.05, 0.1) is 5.52 Å². The summed E-state index contributed by atoms with van der Waals surface area (Å²) in [6, 6.07) is 7.81. The lowest BCUT2D eigenvalue weighted by Gasteiger charge is -1.99. The Morgan fingerprint density at radius 2 is 2.21 bits per heavy atom. The summed E-state index contributed by atoms with van der Waals surface area (Å²) < 4.78 is 1.76. The molecule has 0 spiro atoms. The standard InChI is InChI=1S/C11H12N2O/c1-3-10(14)11-8-6-4-5-7-9(8)13(2)12-11/h3-7,10,14H,1H2,2H3. The molecule has 72 valence electrons. The molecule has 0 aliphatic rings. The molecular formula is C11H12N2O. The van der Waals surface area contributed by atoms with Crippen LogP contribution in [0.1, 0.15) is 11.8 Å². The van der Waals surface area contributed by atoms with Crippen LogP contribution in [0.4, 0.5) is 0 Å². The van der Waals surface area contributed by atoms with Crippen LogP contribution in [-0.2, 0) is 7.05 Å². The fourth-order valence-corrected chi connectivity index (χ4v) is 1.57. The summed E-state index contributed by atoms with van der Waals surface area (Å²) in [6.07, 6.45) is 0.787. The molecule has 1 heterocycles. The number of aromatic nitrogens is 2. The molecule has 0 fully saturated rings. The molecule has 0 saturated heterocycles. The Morgan fingerprint density at radius 3 is 2.93 bits per heavy atom. The van der Waals surface area contributed by atoms with E-state index in [9.17, 15) is 5.11 Å². The first-order chi connectivity index (χ1) is 6.74. The quantitative estimate of drug-likeness (QED) is 0.730. The van der Waals surface area contributed by atoms with Gasteiger partial charge in [-0.05, 0) is 6.07 Å². The number of aliphatic hydroxyl groups excluding tert-OH is 1. The molecule has 0 aliphatic carbocycles. The molecule has 2 rings (SSSR count). The highest BCUT2D eigenvalue weighted by Crippen LogP contribution is 2.23. The van der Waals surface area contributed by atoms with E-state index in [1.54, 1.807) is 4.68 Å². The second-order valence-electron chi connectivity index (χ2n) is 3.21. The van der Waals surface area contributed by atoms with Crippen molar-refractivity contribution in [2.24, 2.45) is 7.05 Å². The number of benzene rings is 1. The second kappa shape index (κ2) is 3.27. The molecule has 3 heteroatoms. The first-order valence-electron chi connectivity index (χ1n) is 4.46. The molecule has 14 heavy (non-hydrogen) atoms. The summed E-state index contributed by atoms with van der Waals surface area (Å²) in [6.45, 7) is 3.55. The van der Waals surface area contributed by atoms with Crippen molar-refractivity contribution >= 4 is 10.9 Å². The Labute approximate surface area is 82.3 Å². The third-order valence-electron chi connectivity index (χ3n) is 2.29. The lowest BCUT2D eigenvalue weighted by atomic mass is 10.1. The molecule has 0 radical (unpaired) electrons. The first kappa shape index (κ1) is 8.97. The molecule has 2 aromatic rings. The average Bonchev–Trinajstić information content (AvgIpc) is 2.56. The van der Waals surface area contributed by atoms with Crippen molar-refractivity contribution in [3.8, 4) is 0 Å². The number of nitrogens with zero attached hydrogens (tertiary/aromatic N) is 2. The Morgan fingerprint density at radius 1 is 1.50 bits per heavy atom. The Kier molecular flexibility index (Phi) is 2.09. The van der Waals surface area contributed by atoms with Gasteiger partial charge in [0.25, 0.3) is 0 Å². The molecule has 1 aromatic heterocycles. The molecule has 0 saturated carbocycles. The Balaban J connectivity index is 2.72. The van der Waals surface area contributed by atoms with E-state index in [1.165, 1.54) is 6.08 Å².